The van der Waals surface area contributed by atoms with Gasteiger partial charge in [-0.2, -0.15) is 0 Å². The van der Waals surface area contributed by atoms with E-state index in [9.17, 15) is 13.2 Å². The molecular formula is C16H17N5O4S. The van der Waals surface area contributed by atoms with Crippen LogP contribution in [0.1, 0.15) is 27.5 Å². The van der Waals surface area contributed by atoms with Crippen LogP contribution in [0.2, 0.25) is 0 Å². The standard InChI is InChI=1S/C16H17N5O4S/c1-11-15(12(2)25-18-11)26(23,24)20(3)16(22)14-10-21(19-17-14)9-13-7-5-4-6-8-13/h4-8,10H,9H2,1-3H3. The third kappa shape index (κ3) is 3.23. The van der Waals surface area contributed by atoms with Gasteiger partial charge in [0.2, 0.25) is 0 Å². The van der Waals surface area contributed by atoms with E-state index in [0.29, 0.717) is 10.8 Å². The van der Waals surface area contributed by atoms with Crippen LogP contribution in [0.4, 0.5) is 0 Å². The molecule has 3 aromatic rings. The van der Waals surface area contributed by atoms with Crippen LogP contribution in [-0.2, 0) is 16.6 Å². The number of hydrogen-bond donors (Lipinski definition) is 0. The largest absolute Gasteiger partial charge is 0.360 e. The average Bonchev–Trinajstić information content (AvgIpc) is 3.21. The second-order valence-electron chi connectivity index (χ2n) is 5.72. The summed E-state index contributed by atoms with van der Waals surface area (Å²) in [5.41, 5.74) is 1.10. The van der Waals surface area contributed by atoms with Crippen molar-refractivity contribution in [1.29, 1.82) is 0 Å². The highest BCUT2D eigenvalue weighted by molar-refractivity contribution is 7.89. The van der Waals surface area contributed by atoms with Crippen molar-refractivity contribution in [2.75, 3.05) is 7.05 Å². The Kier molecular flexibility index (Phi) is 4.60. The molecule has 0 bridgehead atoms. The predicted octanol–water partition coefficient (Wildman–Crippen LogP) is 1.39. The van der Waals surface area contributed by atoms with Gasteiger partial charge >= 0.3 is 0 Å². The van der Waals surface area contributed by atoms with Crippen molar-refractivity contribution in [1.82, 2.24) is 24.5 Å². The molecule has 3 rings (SSSR count). The molecule has 0 saturated carbocycles. The van der Waals surface area contributed by atoms with Crippen molar-refractivity contribution in [3.8, 4) is 0 Å². The summed E-state index contributed by atoms with van der Waals surface area (Å²) in [5, 5.41) is 11.3. The van der Waals surface area contributed by atoms with Gasteiger partial charge in [0.1, 0.15) is 5.69 Å². The van der Waals surface area contributed by atoms with Gasteiger partial charge in [-0.1, -0.05) is 40.7 Å². The molecule has 1 amide bonds. The van der Waals surface area contributed by atoms with Gasteiger partial charge in [-0.15, -0.1) is 5.10 Å². The second-order valence-corrected chi connectivity index (χ2v) is 7.62. The second kappa shape index (κ2) is 6.71. The molecule has 26 heavy (non-hydrogen) atoms. The number of hydrogen-bond acceptors (Lipinski definition) is 7. The van der Waals surface area contributed by atoms with Crippen LogP contribution >= 0.6 is 0 Å². The highest BCUT2D eigenvalue weighted by Gasteiger charge is 2.33. The van der Waals surface area contributed by atoms with E-state index in [1.54, 1.807) is 0 Å². The van der Waals surface area contributed by atoms with Gasteiger partial charge in [0, 0.05) is 7.05 Å². The van der Waals surface area contributed by atoms with E-state index < -0.39 is 15.9 Å². The molecule has 136 valence electrons. The summed E-state index contributed by atoms with van der Waals surface area (Å²) in [6, 6.07) is 9.51. The zero-order valence-electron chi connectivity index (χ0n) is 14.4. The van der Waals surface area contributed by atoms with Crippen molar-refractivity contribution in [2.45, 2.75) is 25.3 Å². The van der Waals surface area contributed by atoms with Gasteiger partial charge in [-0.25, -0.2) is 17.4 Å². The van der Waals surface area contributed by atoms with Gasteiger partial charge in [0.25, 0.3) is 15.9 Å². The Morgan fingerprint density at radius 3 is 2.54 bits per heavy atom. The molecule has 0 aliphatic heterocycles. The van der Waals surface area contributed by atoms with Crippen molar-refractivity contribution in [3.63, 3.8) is 0 Å². The van der Waals surface area contributed by atoms with E-state index in [1.807, 2.05) is 30.3 Å². The van der Waals surface area contributed by atoms with Gasteiger partial charge in [-0.05, 0) is 19.4 Å². The minimum atomic E-state index is -4.10. The number of benzene rings is 1. The molecule has 9 nitrogen and oxygen atoms in total. The van der Waals surface area contributed by atoms with Crippen LogP contribution in [-0.4, -0.2) is 45.8 Å². The summed E-state index contributed by atoms with van der Waals surface area (Å²) in [5.74, 6) is -0.667. The van der Waals surface area contributed by atoms with Crippen molar-refractivity contribution >= 4 is 15.9 Å². The van der Waals surface area contributed by atoms with E-state index in [4.69, 9.17) is 4.52 Å². The molecule has 0 atom stereocenters. The summed E-state index contributed by atoms with van der Waals surface area (Å²) in [7, 11) is -2.94. The lowest BCUT2D eigenvalue weighted by molar-refractivity contribution is 0.0877. The molecule has 0 N–H and O–H groups in total. The first-order chi connectivity index (χ1) is 12.3. The Hall–Kier alpha value is -3.01. The fourth-order valence-electron chi connectivity index (χ4n) is 2.49. The zero-order chi connectivity index (χ0) is 18.9. The van der Waals surface area contributed by atoms with E-state index in [0.717, 1.165) is 5.56 Å². The summed E-state index contributed by atoms with van der Waals surface area (Å²) in [4.78, 5) is 12.4. The van der Waals surface area contributed by atoms with Crippen LogP contribution in [0.15, 0.2) is 45.9 Å². The number of aryl methyl sites for hydroxylation is 2. The quantitative estimate of drug-likeness (QED) is 0.662. The summed E-state index contributed by atoms with van der Waals surface area (Å²) >= 11 is 0. The predicted molar refractivity (Wildman–Crippen MR) is 90.8 cm³/mol. The lowest BCUT2D eigenvalue weighted by Gasteiger charge is -2.15. The molecule has 2 aromatic heterocycles. The maximum Gasteiger partial charge on any atom is 0.289 e. The SMILES string of the molecule is Cc1noc(C)c1S(=O)(=O)N(C)C(=O)c1cn(Cc2ccccc2)nn1. The van der Waals surface area contributed by atoms with E-state index in [2.05, 4.69) is 15.5 Å². The van der Waals surface area contributed by atoms with Gasteiger partial charge in [0.15, 0.2) is 16.3 Å². The molecule has 0 unspecified atom stereocenters. The molecular weight excluding hydrogens is 358 g/mol. The molecule has 1 aromatic carbocycles. The first kappa shape index (κ1) is 17.8. The van der Waals surface area contributed by atoms with Gasteiger partial charge in [-0.3, -0.25) is 4.79 Å². The summed E-state index contributed by atoms with van der Waals surface area (Å²) in [6.07, 6.45) is 1.41. The van der Waals surface area contributed by atoms with Crippen molar-refractivity contribution < 1.29 is 17.7 Å². The minimum Gasteiger partial charge on any atom is -0.360 e. The van der Waals surface area contributed by atoms with Crippen LogP contribution in [0, 0.1) is 13.8 Å². The number of sulfonamides is 1. The molecule has 10 heteroatoms. The molecule has 2 heterocycles. The normalized spacial score (nSPS) is 11.5. The number of nitrogens with zero attached hydrogens (tertiary/aromatic N) is 5. The zero-order valence-corrected chi connectivity index (χ0v) is 15.3. The lowest BCUT2D eigenvalue weighted by Crippen LogP contribution is -2.34. The highest BCUT2D eigenvalue weighted by atomic mass is 32.2. The summed E-state index contributed by atoms with van der Waals surface area (Å²) < 4.78 is 32.4. The Balaban J connectivity index is 1.83. The number of carbonyl (C=O) groups is 1. The Bertz CT molecular complexity index is 1020. The maximum absolute atomic E-state index is 12.7. The molecule has 0 fully saturated rings. The molecule has 0 aliphatic rings. The molecule has 0 spiro atoms. The summed E-state index contributed by atoms with van der Waals surface area (Å²) in [6.45, 7) is 3.39. The van der Waals surface area contributed by atoms with E-state index >= 15 is 0 Å². The Labute approximate surface area is 150 Å². The van der Waals surface area contributed by atoms with Crippen LogP contribution in [0.3, 0.4) is 0 Å². The fraction of sp³-hybridized carbons (Fsp3) is 0.250. The minimum absolute atomic E-state index is 0.0706. The first-order valence-electron chi connectivity index (χ1n) is 7.71. The van der Waals surface area contributed by atoms with Crippen molar-refractivity contribution in [2.24, 2.45) is 0 Å². The monoisotopic (exact) mass is 375 g/mol. The number of amides is 1. The molecule has 0 radical (unpaired) electrons. The molecule has 0 saturated heterocycles. The third-order valence-corrected chi connectivity index (χ3v) is 5.80. The number of carbonyl (C=O) groups excluding carboxylic acids is 1. The third-order valence-electron chi connectivity index (χ3n) is 3.82. The topological polar surface area (TPSA) is 111 Å². The average molecular weight is 375 g/mol. The van der Waals surface area contributed by atoms with E-state index in [-0.39, 0.29) is 22.0 Å². The number of rotatable bonds is 5. The van der Waals surface area contributed by atoms with Gasteiger partial charge < -0.3 is 4.52 Å². The van der Waals surface area contributed by atoms with Crippen LogP contribution < -0.4 is 0 Å². The fourth-order valence-corrected chi connectivity index (χ4v) is 3.89. The van der Waals surface area contributed by atoms with Gasteiger partial charge in [0.05, 0.1) is 12.7 Å². The Morgan fingerprint density at radius 2 is 1.92 bits per heavy atom. The van der Waals surface area contributed by atoms with Crippen molar-refractivity contribution in [3.05, 3.63) is 59.2 Å². The smallest absolute Gasteiger partial charge is 0.289 e. The Morgan fingerprint density at radius 1 is 1.23 bits per heavy atom. The highest BCUT2D eigenvalue weighted by Crippen LogP contribution is 2.23. The maximum atomic E-state index is 12.7. The van der Waals surface area contributed by atoms with Crippen LogP contribution in [0.5, 0.6) is 0 Å². The number of aromatic nitrogens is 4. The lowest BCUT2D eigenvalue weighted by atomic mass is 10.2. The van der Waals surface area contributed by atoms with Crippen LogP contribution in [0.25, 0.3) is 0 Å². The molecule has 0 aliphatic carbocycles. The van der Waals surface area contributed by atoms with E-state index in [1.165, 1.54) is 31.8 Å². The first-order valence-corrected chi connectivity index (χ1v) is 9.15.